The van der Waals surface area contributed by atoms with Crippen molar-refractivity contribution >= 4 is 40.2 Å². The number of amides is 1. The summed E-state index contributed by atoms with van der Waals surface area (Å²) in [5.74, 6) is -0.781. The van der Waals surface area contributed by atoms with Crippen molar-refractivity contribution in [1.82, 2.24) is 4.90 Å². The van der Waals surface area contributed by atoms with Crippen LogP contribution in [0.4, 0.5) is 0 Å². The van der Waals surface area contributed by atoms with E-state index in [2.05, 4.69) is 0 Å². The second kappa shape index (κ2) is 7.69. The first-order valence-electron chi connectivity index (χ1n) is 6.30. The molecule has 1 unspecified atom stereocenters. The summed E-state index contributed by atoms with van der Waals surface area (Å²) in [4.78, 5) is 24.7. The molecule has 1 saturated heterocycles. The van der Waals surface area contributed by atoms with Crippen LogP contribution in [0.15, 0.2) is 0 Å². The van der Waals surface area contributed by atoms with Crippen molar-refractivity contribution in [3.8, 4) is 0 Å². The number of carbonyl (C=O) groups is 2. The largest absolute Gasteiger partial charge is 0.480 e. The fourth-order valence-corrected chi connectivity index (χ4v) is 3.05. The molecule has 2 atom stereocenters. The molecule has 0 aromatic rings. The number of likely N-dealkylation sites (tertiary alicyclic amines) is 1. The number of aliphatic carboxylic acids is 1. The standard InChI is InChI=1S/C12H19NO4S2/c1-3-17-12(18)19-7-8(2)10(14)13-6-4-5-9(13)11(15)16/h8-9H,3-7H2,1-2H3,(H,15,16)/t8?,9-/m0/s1. The van der Waals surface area contributed by atoms with Gasteiger partial charge >= 0.3 is 5.97 Å². The topological polar surface area (TPSA) is 66.8 Å². The lowest BCUT2D eigenvalue weighted by Crippen LogP contribution is -2.43. The van der Waals surface area contributed by atoms with E-state index in [4.69, 9.17) is 22.1 Å². The number of rotatable bonds is 5. The highest BCUT2D eigenvalue weighted by Gasteiger charge is 2.35. The van der Waals surface area contributed by atoms with E-state index in [0.29, 0.717) is 29.7 Å². The molecule has 1 fully saturated rings. The van der Waals surface area contributed by atoms with Gasteiger partial charge in [-0.3, -0.25) is 4.79 Å². The van der Waals surface area contributed by atoms with Crippen molar-refractivity contribution in [3.63, 3.8) is 0 Å². The maximum absolute atomic E-state index is 12.2. The summed E-state index contributed by atoms with van der Waals surface area (Å²) in [5.41, 5.74) is 0. The Morgan fingerprint density at radius 1 is 1.58 bits per heavy atom. The van der Waals surface area contributed by atoms with Gasteiger partial charge < -0.3 is 14.7 Å². The average molecular weight is 305 g/mol. The van der Waals surface area contributed by atoms with Gasteiger partial charge in [0.25, 0.3) is 0 Å². The quantitative estimate of drug-likeness (QED) is 0.781. The molecule has 1 aliphatic heterocycles. The van der Waals surface area contributed by atoms with Crippen molar-refractivity contribution < 1.29 is 19.4 Å². The lowest BCUT2D eigenvalue weighted by molar-refractivity contribution is -0.149. The van der Waals surface area contributed by atoms with Crippen LogP contribution in [0.25, 0.3) is 0 Å². The monoisotopic (exact) mass is 305 g/mol. The fourth-order valence-electron chi connectivity index (χ4n) is 1.99. The van der Waals surface area contributed by atoms with Gasteiger partial charge in [0, 0.05) is 18.2 Å². The number of carboxylic acid groups (broad SMARTS) is 1. The smallest absolute Gasteiger partial charge is 0.326 e. The molecule has 0 saturated carbocycles. The number of thioether (sulfide) groups is 1. The molecular formula is C12H19NO4S2. The molecule has 1 amide bonds. The molecule has 0 bridgehead atoms. The molecule has 5 nitrogen and oxygen atoms in total. The van der Waals surface area contributed by atoms with Crippen LogP contribution in [0.1, 0.15) is 26.7 Å². The van der Waals surface area contributed by atoms with E-state index in [9.17, 15) is 9.59 Å². The van der Waals surface area contributed by atoms with Crippen LogP contribution < -0.4 is 0 Å². The number of thiocarbonyl (C=S) groups is 1. The third kappa shape index (κ3) is 4.65. The van der Waals surface area contributed by atoms with Gasteiger partial charge in [0.2, 0.25) is 10.3 Å². The molecule has 7 heteroatoms. The van der Waals surface area contributed by atoms with Gasteiger partial charge in [0.1, 0.15) is 6.04 Å². The summed E-state index contributed by atoms with van der Waals surface area (Å²) >= 11 is 6.30. The van der Waals surface area contributed by atoms with Gasteiger partial charge in [-0.05, 0) is 32.0 Å². The van der Waals surface area contributed by atoms with Gasteiger partial charge in [0.05, 0.1) is 6.61 Å². The lowest BCUT2D eigenvalue weighted by atomic mass is 10.1. The predicted octanol–water partition coefficient (Wildman–Crippen LogP) is 1.75. The molecule has 1 rings (SSSR count). The molecule has 108 valence electrons. The Balaban J connectivity index is 2.47. The zero-order valence-corrected chi connectivity index (χ0v) is 12.8. The maximum Gasteiger partial charge on any atom is 0.326 e. The van der Waals surface area contributed by atoms with E-state index < -0.39 is 12.0 Å². The van der Waals surface area contributed by atoms with Gasteiger partial charge in [-0.25, -0.2) is 4.79 Å². The van der Waals surface area contributed by atoms with Crippen LogP contribution in [0.3, 0.4) is 0 Å². The number of nitrogens with zero attached hydrogens (tertiary/aromatic N) is 1. The molecule has 1 aliphatic rings. The molecule has 0 aromatic carbocycles. The summed E-state index contributed by atoms with van der Waals surface area (Å²) < 4.78 is 5.56. The normalized spacial score (nSPS) is 20.1. The highest BCUT2D eigenvalue weighted by Crippen LogP contribution is 2.22. The Morgan fingerprint density at radius 2 is 2.26 bits per heavy atom. The number of carboxylic acids is 1. The Bertz CT molecular complexity index is 362. The van der Waals surface area contributed by atoms with E-state index >= 15 is 0 Å². The molecule has 1 heterocycles. The molecule has 19 heavy (non-hydrogen) atoms. The summed E-state index contributed by atoms with van der Waals surface area (Å²) in [6.07, 6.45) is 1.29. The van der Waals surface area contributed by atoms with Crippen LogP contribution in [0.2, 0.25) is 0 Å². The Kier molecular flexibility index (Phi) is 6.57. The summed E-state index contributed by atoms with van der Waals surface area (Å²) in [6, 6.07) is -0.668. The van der Waals surface area contributed by atoms with Crippen molar-refractivity contribution in [2.45, 2.75) is 32.7 Å². The highest BCUT2D eigenvalue weighted by molar-refractivity contribution is 8.22. The van der Waals surface area contributed by atoms with E-state index in [1.807, 2.05) is 6.92 Å². The average Bonchev–Trinajstić information content (AvgIpc) is 2.84. The highest BCUT2D eigenvalue weighted by atomic mass is 32.2. The first-order chi connectivity index (χ1) is 8.97. The van der Waals surface area contributed by atoms with Crippen molar-refractivity contribution in [1.29, 1.82) is 0 Å². The third-order valence-electron chi connectivity index (χ3n) is 2.96. The number of hydrogen-bond acceptors (Lipinski definition) is 5. The Morgan fingerprint density at radius 3 is 2.84 bits per heavy atom. The maximum atomic E-state index is 12.2. The van der Waals surface area contributed by atoms with Crippen molar-refractivity contribution in [2.75, 3.05) is 18.9 Å². The predicted molar refractivity (Wildman–Crippen MR) is 78.2 cm³/mol. The zero-order chi connectivity index (χ0) is 14.4. The Hall–Kier alpha value is -0.820. The van der Waals surface area contributed by atoms with Crippen LogP contribution in [0.5, 0.6) is 0 Å². The van der Waals surface area contributed by atoms with Crippen LogP contribution >= 0.6 is 24.0 Å². The first kappa shape index (κ1) is 16.2. The lowest BCUT2D eigenvalue weighted by Gasteiger charge is -2.24. The molecule has 0 radical (unpaired) electrons. The second-order valence-corrected chi connectivity index (χ2v) is 6.04. The SMILES string of the molecule is CCOC(=S)SCC(C)C(=O)N1CCC[C@H]1C(=O)O. The molecule has 1 N–H and O–H groups in total. The minimum Gasteiger partial charge on any atom is -0.480 e. The molecule has 0 spiro atoms. The minimum absolute atomic E-state index is 0.114. The van der Waals surface area contributed by atoms with E-state index in [1.165, 1.54) is 16.7 Å². The van der Waals surface area contributed by atoms with Crippen LogP contribution in [0, 0.1) is 5.92 Å². The summed E-state index contributed by atoms with van der Waals surface area (Å²) in [6.45, 7) is 4.69. The molecule has 0 aromatic heterocycles. The second-order valence-electron chi connectivity index (χ2n) is 4.42. The number of carbonyl (C=O) groups excluding carboxylic acids is 1. The number of ether oxygens (including phenoxy) is 1. The first-order valence-corrected chi connectivity index (χ1v) is 7.69. The van der Waals surface area contributed by atoms with Gasteiger partial charge in [0.15, 0.2) is 0 Å². The van der Waals surface area contributed by atoms with Crippen molar-refractivity contribution in [3.05, 3.63) is 0 Å². The minimum atomic E-state index is -0.921. The summed E-state index contributed by atoms with van der Waals surface area (Å²) in [7, 11) is 0. The zero-order valence-electron chi connectivity index (χ0n) is 11.1. The van der Waals surface area contributed by atoms with Crippen molar-refractivity contribution in [2.24, 2.45) is 5.92 Å². The van der Waals surface area contributed by atoms with Gasteiger partial charge in [-0.2, -0.15) is 0 Å². The third-order valence-corrected chi connectivity index (χ3v) is 4.45. The number of hydrogen-bond donors (Lipinski definition) is 1. The van der Waals surface area contributed by atoms with Crippen LogP contribution in [-0.4, -0.2) is 51.2 Å². The van der Waals surface area contributed by atoms with Crippen LogP contribution in [-0.2, 0) is 14.3 Å². The van der Waals surface area contributed by atoms with E-state index in [1.54, 1.807) is 6.92 Å². The summed E-state index contributed by atoms with van der Waals surface area (Å²) in [5, 5.41) is 9.06. The Labute approximate surface area is 122 Å². The fraction of sp³-hybridized carbons (Fsp3) is 0.750. The van der Waals surface area contributed by atoms with Gasteiger partial charge in [-0.1, -0.05) is 18.7 Å². The molecule has 0 aliphatic carbocycles. The molecular weight excluding hydrogens is 286 g/mol. The van der Waals surface area contributed by atoms with E-state index in [-0.39, 0.29) is 11.8 Å². The van der Waals surface area contributed by atoms with E-state index in [0.717, 1.165) is 6.42 Å². The van der Waals surface area contributed by atoms with Gasteiger partial charge in [-0.15, -0.1) is 0 Å².